The van der Waals surface area contributed by atoms with Crippen molar-refractivity contribution < 1.29 is 4.39 Å². The number of halogens is 2. The minimum Gasteiger partial charge on any atom is -0.362 e. The molecule has 1 atom stereocenters. The normalized spacial score (nSPS) is 12.2. The van der Waals surface area contributed by atoms with Gasteiger partial charge in [0.25, 0.3) is 0 Å². The van der Waals surface area contributed by atoms with Crippen LogP contribution in [0.2, 0.25) is 0 Å². The second-order valence-corrected chi connectivity index (χ2v) is 4.87. The Labute approximate surface area is 113 Å². The molecule has 3 nitrogen and oxygen atoms in total. The highest BCUT2D eigenvalue weighted by molar-refractivity contribution is 14.1. The van der Waals surface area contributed by atoms with Crippen molar-refractivity contribution in [3.05, 3.63) is 51.7 Å². The Balaban J connectivity index is 2.11. The zero-order valence-electron chi connectivity index (χ0n) is 9.19. The topological polar surface area (TPSA) is 37.8 Å². The number of anilines is 1. The van der Waals surface area contributed by atoms with Crippen molar-refractivity contribution >= 4 is 28.4 Å². The summed E-state index contributed by atoms with van der Waals surface area (Å²) in [5, 5.41) is 3.22. The van der Waals surface area contributed by atoms with Gasteiger partial charge in [-0.25, -0.2) is 9.37 Å². The van der Waals surface area contributed by atoms with Gasteiger partial charge in [-0.15, -0.1) is 0 Å². The maximum atomic E-state index is 12.7. The Hall–Kier alpha value is -1.24. The van der Waals surface area contributed by atoms with E-state index in [0.717, 1.165) is 15.1 Å². The second-order valence-electron chi connectivity index (χ2n) is 3.63. The summed E-state index contributed by atoms with van der Waals surface area (Å²) in [7, 11) is 0. The van der Waals surface area contributed by atoms with Gasteiger partial charge in [-0.05, 0) is 53.8 Å². The molecule has 0 aliphatic rings. The molecule has 0 fully saturated rings. The van der Waals surface area contributed by atoms with Crippen molar-refractivity contribution in [1.29, 1.82) is 0 Å². The molecule has 88 valence electrons. The highest BCUT2D eigenvalue weighted by Crippen LogP contribution is 2.17. The summed E-state index contributed by atoms with van der Waals surface area (Å²) in [6.07, 6.45) is 2.96. The summed E-state index contributed by atoms with van der Waals surface area (Å²) in [6.45, 7) is 1.96. The summed E-state index contributed by atoms with van der Waals surface area (Å²) in [6, 6.07) is 6.93. The minimum atomic E-state index is -0.326. The summed E-state index contributed by atoms with van der Waals surface area (Å²) in [5.74, 6) is 0.462. The second kappa shape index (κ2) is 5.39. The molecule has 17 heavy (non-hydrogen) atoms. The van der Waals surface area contributed by atoms with Gasteiger partial charge >= 0.3 is 0 Å². The van der Waals surface area contributed by atoms with Crippen LogP contribution in [-0.4, -0.2) is 9.97 Å². The van der Waals surface area contributed by atoms with E-state index in [-0.39, 0.29) is 11.9 Å². The molecule has 1 N–H and O–H groups in total. The zero-order chi connectivity index (χ0) is 12.3. The third kappa shape index (κ3) is 3.36. The molecule has 0 unspecified atom stereocenters. The van der Waals surface area contributed by atoms with E-state index in [9.17, 15) is 4.39 Å². The molecule has 0 radical (unpaired) electrons. The quantitative estimate of drug-likeness (QED) is 0.869. The molecule has 0 bridgehead atoms. The van der Waals surface area contributed by atoms with Crippen LogP contribution in [0, 0.1) is 9.39 Å². The standard InChI is InChI=1S/C12H11FIN3/c1-8(11-3-2-9(13)7-16-11)17-12-6-10(14)4-5-15-12/h2-8H,1H3,(H,15,17)/t8-/m0/s1. The van der Waals surface area contributed by atoms with Gasteiger partial charge in [0, 0.05) is 9.77 Å². The first-order chi connectivity index (χ1) is 8.15. The average molecular weight is 343 g/mol. The van der Waals surface area contributed by atoms with Gasteiger partial charge in [-0.1, -0.05) is 0 Å². The molecule has 2 aromatic heterocycles. The van der Waals surface area contributed by atoms with Crippen LogP contribution in [0.25, 0.3) is 0 Å². The van der Waals surface area contributed by atoms with Crippen LogP contribution in [0.4, 0.5) is 10.2 Å². The van der Waals surface area contributed by atoms with E-state index in [1.807, 2.05) is 19.1 Å². The molecule has 0 aromatic carbocycles. The van der Waals surface area contributed by atoms with Crippen LogP contribution in [0.3, 0.4) is 0 Å². The van der Waals surface area contributed by atoms with Gasteiger partial charge < -0.3 is 5.32 Å². The maximum absolute atomic E-state index is 12.7. The summed E-state index contributed by atoms with van der Waals surface area (Å²) in [5.41, 5.74) is 0.784. The van der Waals surface area contributed by atoms with Crippen molar-refractivity contribution in [2.24, 2.45) is 0 Å². The number of nitrogens with zero attached hydrogens (tertiary/aromatic N) is 2. The first-order valence-electron chi connectivity index (χ1n) is 5.14. The van der Waals surface area contributed by atoms with E-state index in [1.165, 1.54) is 12.3 Å². The molecule has 0 spiro atoms. The summed E-state index contributed by atoms with van der Waals surface area (Å²) >= 11 is 2.23. The average Bonchev–Trinajstić information content (AvgIpc) is 2.29. The van der Waals surface area contributed by atoms with Crippen molar-refractivity contribution in [3.63, 3.8) is 0 Å². The van der Waals surface area contributed by atoms with Crippen molar-refractivity contribution in [3.8, 4) is 0 Å². The first-order valence-corrected chi connectivity index (χ1v) is 6.22. The lowest BCUT2D eigenvalue weighted by atomic mass is 10.2. The third-order valence-corrected chi connectivity index (χ3v) is 2.95. The number of hydrogen-bond donors (Lipinski definition) is 1. The monoisotopic (exact) mass is 343 g/mol. The van der Waals surface area contributed by atoms with Crippen molar-refractivity contribution in [2.45, 2.75) is 13.0 Å². The Bertz CT molecular complexity index is 501. The fourth-order valence-corrected chi connectivity index (χ4v) is 1.88. The number of hydrogen-bond acceptors (Lipinski definition) is 3. The predicted molar refractivity (Wildman–Crippen MR) is 73.2 cm³/mol. The molecule has 0 aliphatic carbocycles. The van der Waals surface area contributed by atoms with Crippen LogP contribution >= 0.6 is 22.6 Å². The first kappa shape index (κ1) is 12.2. The Morgan fingerprint density at radius 3 is 2.76 bits per heavy atom. The van der Waals surface area contributed by atoms with Gasteiger partial charge in [0.1, 0.15) is 11.6 Å². The van der Waals surface area contributed by atoms with Gasteiger partial charge in [0.05, 0.1) is 17.9 Å². The fourth-order valence-electron chi connectivity index (χ4n) is 1.42. The highest BCUT2D eigenvalue weighted by Gasteiger charge is 2.07. The number of nitrogens with one attached hydrogen (secondary N) is 1. The molecule has 0 saturated heterocycles. The Morgan fingerprint density at radius 1 is 1.29 bits per heavy atom. The zero-order valence-corrected chi connectivity index (χ0v) is 11.3. The molecular formula is C12H11FIN3. The molecule has 0 aliphatic heterocycles. The van der Waals surface area contributed by atoms with Crippen LogP contribution in [0.1, 0.15) is 18.7 Å². The molecule has 2 rings (SSSR count). The van der Waals surface area contributed by atoms with E-state index in [0.29, 0.717) is 0 Å². The highest BCUT2D eigenvalue weighted by atomic mass is 127. The van der Waals surface area contributed by atoms with E-state index in [2.05, 4.69) is 37.9 Å². The van der Waals surface area contributed by atoms with Crippen LogP contribution < -0.4 is 5.32 Å². The van der Waals surface area contributed by atoms with Crippen molar-refractivity contribution in [1.82, 2.24) is 9.97 Å². The molecule has 0 amide bonds. The van der Waals surface area contributed by atoms with Crippen molar-refractivity contribution in [2.75, 3.05) is 5.32 Å². The molecule has 0 saturated carbocycles. The van der Waals surface area contributed by atoms with Crippen LogP contribution in [-0.2, 0) is 0 Å². The minimum absolute atomic E-state index is 0.0127. The molecule has 2 aromatic rings. The third-order valence-electron chi connectivity index (χ3n) is 2.28. The van der Waals surface area contributed by atoms with Gasteiger partial charge in [0.15, 0.2) is 0 Å². The molecule has 5 heteroatoms. The lowest BCUT2D eigenvalue weighted by molar-refractivity contribution is 0.617. The van der Waals surface area contributed by atoms with E-state index in [4.69, 9.17) is 0 Å². The Morgan fingerprint density at radius 2 is 2.12 bits per heavy atom. The van der Waals surface area contributed by atoms with E-state index >= 15 is 0 Å². The lowest BCUT2D eigenvalue weighted by Crippen LogP contribution is -2.09. The van der Waals surface area contributed by atoms with Gasteiger partial charge in [0.2, 0.25) is 0 Å². The van der Waals surface area contributed by atoms with Crippen LogP contribution in [0.15, 0.2) is 36.7 Å². The molecular weight excluding hydrogens is 332 g/mol. The van der Waals surface area contributed by atoms with Crippen LogP contribution in [0.5, 0.6) is 0 Å². The largest absolute Gasteiger partial charge is 0.362 e. The maximum Gasteiger partial charge on any atom is 0.141 e. The number of pyridine rings is 2. The predicted octanol–water partition coefficient (Wildman–Crippen LogP) is 3.39. The van der Waals surface area contributed by atoms with E-state index < -0.39 is 0 Å². The smallest absolute Gasteiger partial charge is 0.141 e. The van der Waals surface area contributed by atoms with Gasteiger partial charge in [-0.3, -0.25) is 4.98 Å². The SMILES string of the molecule is C[C@H](Nc1cc(I)ccn1)c1ccc(F)cn1. The summed E-state index contributed by atoms with van der Waals surface area (Å²) < 4.78 is 13.8. The number of rotatable bonds is 3. The fraction of sp³-hybridized carbons (Fsp3) is 0.167. The van der Waals surface area contributed by atoms with E-state index in [1.54, 1.807) is 12.3 Å². The summed E-state index contributed by atoms with van der Waals surface area (Å²) in [4.78, 5) is 8.23. The van der Waals surface area contributed by atoms with Gasteiger partial charge in [-0.2, -0.15) is 0 Å². The molecule has 2 heterocycles. The lowest BCUT2D eigenvalue weighted by Gasteiger charge is -2.13. The Kier molecular flexibility index (Phi) is 3.88. The number of aromatic nitrogens is 2.